The number of ether oxygens (including phenoxy) is 1. The van der Waals surface area contributed by atoms with Crippen LogP contribution in [0.3, 0.4) is 0 Å². The molecule has 0 aliphatic heterocycles. The quantitative estimate of drug-likeness (QED) is 0.752. The Morgan fingerprint density at radius 2 is 2.00 bits per heavy atom. The first-order valence-electron chi connectivity index (χ1n) is 6.63. The van der Waals surface area contributed by atoms with Gasteiger partial charge >= 0.3 is 0 Å². The minimum atomic E-state index is -0.246. The zero-order chi connectivity index (χ0) is 13.5. The first kappa shape index (κ1) is 15.1. The summed E-state index contributed by atoms with van der Waals surface area (Å²) < 4.78 is 19.0. The van der Waals surface area contributed by atoms with Crippen LogP contribution in [0.25, 0.3) is 0 Å². The van der Waals surface area contributed by atoms with Gasteiger partial charge in [-0.3, -0.25) is 0 Å². The van der Waals surface area contributed by atoms with Crippen LogP contribution in [-0.2, 0) is 4.74 Å². The van der Waals surface area contributed by atoms with Crippen LogP contribution in [0.2, 0.25) is 0 Å². The highest BCUT2D eigenvalue weighted by molar-refractivity contribution is 5.20. The van der Waals surface area contributed by atoms with Gasteiger partial charge in [0.2, 0.25) is 0 Å². The van der Waals surface area contributed by atoms with Gasteiger partial charge in [-0.05, 0) is 43.4 Å². The summed E-state index contributed by atoms with van der Waals surface area (Å²) in [6.45, 7) is 6.93. The lowest BCUT2D eigenvalue weighted by Crippen LogP contribution is -2.27. The normalized spacial score (nSPS) is 14.8. The zero-order valence-electron chi connectivity index (χ0n) is 11.5. The van der Waals surface area contributed by atoms with Crippen LogP contribution in [0.5, 0.6) is 0 Å². The van der Waals surface area contributed by atoms with Crippen LogP contribution in [-0.4, -0.2) is 12.6 Å². The van der Waals surface area contributed by atoms with Crippen LogP contribution in [0.4, 0.5) is 4.39 Å². The standard InChI is InChI=1S/C15H24FNO/c1-11(2)6-5-9-18-15(12(3)17)13-7-4-8-14(16)10-13/h4,7-8,10-12,15H,5-6,9,17H2,1-3H3. The van der Waals surface area contributed by atoms with Gasteiger partial charge in [0.1, 0.15) is 5.82 Å². The molecule has 3 heteroatoms. The largest absolute Gasteiger partial charge is 0.372 e. The van der Waals surface area contributed by atoms with E-state index in [2.05, 4.69) is 13.8 Å². The SMILES string of the molecule is CC(C)CCCOC(c1cccc(F)c1)C(C)N. The summed E-state index contributed by atoms with van der Waals surface area (Å²) in [7, 11) is 0. The average Bonchev–Trinajstić information content (AvgIpc) is 2.27. The average molecular weight is 253 g/mol. The molecule has 2 nitrogen and oxygen atoms in total. The predicted octanol–water partition coefficient (Wildman–Crippen LogP) is 3.67. The van der Waals surface area contributed by atoms with Gasteiger partial charge in [0, 0.05) is 12.6 Å². The molecule has 0 saturated heterocycles. The number of hydrogen-bond acceptors (Lipinski definition) is 2. The van der Waals surface area contributed by atoms with Crippen molar-refractivity contribution >= 4 is 0 Å². The second-order valence-corrected chi connectivity index (χ2v) is 5.24. The Kier molecular flexibility index (Phi) is 6.30. The maximum Gasteiger partial charge on any atom is 0.123 e. The van der Waals surface area contributed by atoms with Crippen molar-refractivity contribution in [1.29, 1.82) is 0 Å². The summed E-state index contributed by atoms with van der Waals surface area (Å²) in [5.41, 5.74) is 6.73. The summed E-state index contributed by atoms with van der Waals surface area (Å²) in [6.07, 6.45) is 1.92. The zero-order valence-corrected chi connectivity index (χ0v) is 11.5. The van der Waals surface area contributed by atoms with Gasteiger partial charge in [-0.25, -0.2) is 4.39 Å². The first-order valence-corrected chi connectivity index (χ1v) is 6.63. The maximum atomic E-state index is 13.2. The van der Waals surface area contributed by atoms with Crippen molar-refractivity contribution in [2.45, 2.75) is 45.8 Å². The van der Waals surface area contributed by atoms with E-state index in [-0.39, 0.29) is 18.0 Å². The molecule has 102 valence electrons. The molecule has 0 fully saturated rings. The highest BCUT2D eigenvalue weighted by Crippen LogP contribution is 2.21. The molecule has 2 unspecified atom stereocenters. The molecule has 1 aromatic carbocycles. The lowest BCUT2D eigenvalue weighted by atomic mass is 10.0. The van der Waals surface area contributed by atoms with E-state index in [9.17, 15) is 4.39 Å². The molecule has 0 bridgehead atoms. The third-order valence-corrected chi connectivity index (χ3v) is 2.88. The van der Waals surface area contributed by atoms with Gasteiger partial charge in [-0.1, -0.05) is 26.0 Å². The van der Waals surface area contributed by atoms with Crippen molar-refractivity contribution in [2.24, 2.45) is 11.7 Å². The van der Waals surface area contributed by atoms with E-state index in [1.165, 1.54) is 12.1 Å². The van der Waals surface area contributed by atoms with E-state index in [1.54, 1.807) is 6.07 Å². The second kappa shape index (κ2) is 7.49. The van der Waals surface area contributed by atoms with Crippen LogP contribution in [0.15, 0.2) is 24.3 Å². The second-order valence-electron chi connectivity index (χ2n) is 5.24. The van der Waals surface area contributed by atoms with Gasteiger partial charge < -0.3 is 10.5 Å². The summed E-state index contributed by atoms with van der Waals surface area (Å²) in [6, 6.07) is 6.33. The summed E-state index contributed by atoms with van der Waals surface area (Å²) in [5, 5.41) is 0. The molecule has 0 spiro atoms. The van der Waals surface area contributed by atoms with Gasteiger partial charge in [-0.2, -0.15) is 0 Å². The maximum absolute atomic E-state index is 13.2. The predicted molar refractivity (Wildman–Crippen MR) is 72.8 cm³/mol. The Morgan fingerprint density at radius 3 is 2.56 bits per heavy atom. The van der Waals surface area contributed by atoms with Crippen LogP contribution < -0.4 is 5.73 Å². The summed E-state index contributed by atoms with van der Waals surface area (Å²) in [4.78, 5) is 0. The van der Waals surface area contributed by atoms with Crippen LogP contribution >= 0.6 is 0 Å². The molecule has 0 aromatic heterocycles. The minimum absolute atomic E-state index is 0.147. The molecule has 18 heavy (non-hydrogen) atoms. The Balaban J connectivity index is 2.55. The molecule has 2 N–H and O–H groups in total. The molecule has 0 aliphatic rings. The fourth-order valence-electron chi connectivity index (χ4n) is 1.94. The smallest absolute Gasteiger partial charge is 0.123 e. The van der Waals surface area contributed by atoms with E-state index in [4.69, 9.17) is 10.5 Å². The van der Waals surface area contributed by atoms with Crippen molar-refractivity contribution < 1.29 is 9.13 Å². The number of rotatable bonds is 7. The highest BCUT2D eigenvalue weighted by Gasteiger charge is 2.17. The molecule has 0 amide bonds. The molecular weight excluding hydrogens is 229 g/mol. The van der Waals surface area contributed by atoms with Gasteiger partial charge in [0.25, 0.3) is 0 Å². The van der Waals surface area contributed by atoms with Crippen molar-refractivity contribution in [3.05, 3.63) is 35.6 Å². The minimum Gasteiger partial charge on any atom is -0.372 e. The Labute approximate surface area is 109 Å². The number of nitrogens with two attached hydrogens (primary N) is 1. The van der Waals surface area contributed by atoms with Crippen molar-refractivity contribution in [1.82, 2.24) is 0 Å². The fraction of sp³-hybridized carbons (Fsp3) is 0.600. The third kappa shape index (κ3) is 5.15. The number of halogens is 1. The van der Waals surface area contributed by atoms with Crippen LogP contribution in [0, 0.1) is 11.7 Å². The van der Waals surface area contributed by atoms with Crippen molar-refractivity contribution in [3.8, 4) is 0 Å². The lowest BCUT2D eigenvalue weighted by Gasteiger charge is -2.22. The number of benzene rings is 1. The summed E-state index contributed by atoms with van der Waals surface area (Å²) in [5.74, 6) is 0.431. The Morgan fingerprint density at radius 1 is 1.28 bits per heavy atom. The van der Waals surface area contributed by atoms with E-state index >= 15 is 0 Å². The molecule has 0 heterocycles. The van der Waals surface area contributed by atoms with Gasteiger partial charge in [-0.15, -0.1) is 0 Å². The van der Waals surface area contributed by atoms with Crippen LogP contribution in [0.1, 0.15) is 45.3 Å². The molecular formula is C15H24FNO. The summed E-state index contributed by atoms with van der Waals surface area (Å²) >= 11 is 0. The number of hydrogen-bond donors (Lipinski definition) is 1. The fourth-order valence-corrected chi connectivity index (χ4v) is 1.94. The molecule has 0 aliphatic carbocycles. The Hall–Kier alpha value is -0.930. The first-order chi connectivity index (χ1) is 8.50. The monoisotopic (exact) mass is 253 g/mol. The van der Waals surface area contributed by atoms with E-state index in [0.717, 1.165) is 18.4 Å². The highest BCUT2D eigenvalue weighted by atomic mass is 19.1. The van der Waals surface area contributed by atoms with Gasteiger partial charge in [0.05, 0.1) is 6.10 Å². The van der Waals surface area contributed by atoms with E-state index in [0.29, 0.717) is 12.5 Å². The van der Waals surface area contributed by atoms with Crippen molar-refractivity contribution in [2.75, 3.05) is 6.61 Å². The molecule has 1 aromatic rings. The van der Waals surface area contributed by atoms with Crippen molar-refractivity contribution in [3.63, 3.8) is 0 Å². The third-order valence-electron chi connectivity index (χ3n) is 2.88. The van der Waals surface area contributed by atoms with E-state index < -0.39 is 0 Å². The Bertz CT molecular complexity index is 352. The lowest BCUT2D eigenvalue weighted by molar-refractivity contribution is 0.0346. The van der Waals surface area contributed by atoms with E-state index in [1.807, 2.05) is 13.0 Å². The molecule has 1 rings (SSSR count). The molecule has 0 radical (unpaired) electrons. The topological polar surface area (TPSA) is 35.2 Å². The van der Waals surface area contributed by atoms with Gasteiger partial charge in [0.15, 0.2) is 0 Å². The molecule has 2 atom stereocenters. The molecule has 0 saturated carbocycles.